The Kier molecular flexibility index (Phi) is 5.93. The number of rotatable bonds is 6. The van der Waals surface area contributed by atoms with Gasteiger partial charge in [0.1, 0.15) is 5.75 Å². The van der Waals surface area contributed by atoms with E-state index < -0.39 is 24.2 Å². The zero-order chi connectivity index (χ0) is 16.9. The lowest BCUT2D eigenvalue weighted by Crippen LogP contribution is -2.56. The van der Waals surface area contributed by atoms with Crippen molar-refractivity contribution in [2.45, 2.75) is 45.2 Å². The molecular formula is C16H23NO5. The highest BCUT2D eigenvalue weighted by molar-refractivity contribution is 5.84. The summed E-state index contributed by atoms with van der Waals surface area (Å²) in [5, 5.41) is 27.7. The Morgan fingerprint density at radius 1 is 1.18 bits per heavy atom. The highest BCUT2D eigenvalue weighted by Crippen LogP contribution is 2.20. The molecule has 122 valence electrons. The van der Waals surface area contributed by atoms with Crippen molar-refractivity contribution in [1.29, 1.82) is 0 Å². The first-order chi connectivity index (χ1) is 10.2. The number of aliphatic hydroxyl groups is 1. The van der Waals surface area contributed by atoms with Crippen molar-refractivity contribution in [3.8, 4) is 5.75 Å². The lowest BCUT2D eigenvalue weighted by Gasteiger charge is -2.39. The molecule has 0 saturated heterocycles. The average Bonchev–Trinajstić information content (AvgIpc) is 2.41. The Morgan fingerprint density at radius 2 is 1.73 bits per heavy atom. The van der Waals surface area contributed by atoms with Crippen molar-refractivity contribution in [2.24, 2.45) is 0 Å². The van der Waals surface area contributed by atoms with Crippen LogP contribution in [0.4, 0.5) is 0 Å². The highest BCUT2D eigenvalue weighted by atomic mass is 16.4. The van der Waals surface area contributed by atoms with Gasteiger partial charge < -0.3 is 20.2 Å². The summed E-state index contributed by atoms with van der Waals surface area (Å²) in [6.07, 6.45) is 0.565. The van der Waals surface area contributed by atoms with E-state index in [1.165, 1.54) is 17.0 Å². The maximum atomic E-state index is 12.4. The van der Waals surface area contributed by atoms with Crippen LogP contribution in [0.1, 0.15) is 32.8 Å². The van der Waals surface area contributed by atoms with Gasteiger partial charge in [0.25, 0.3) is 0 Å². The van der Waals surface area contributed by atoms with Crippen molar-refractivity contribution in [3.63, 3.8) is 0 Å². The molecule has 6 heteroatoms. The van der Waals surface area contributed by atoms with Gasteiger partial charge in [-0.05, 0) is 44.9 Å². The summed E-state index contributed by atoms with van der Waals surface area (Å²) < 4.78 is 0. The zero-order valence-corrected chi connectivity index (χ0v) is 13.1. The number of carboxylic acid groups (broad SMARTS) is 1. The Hall–Kier alpha value is -2.08. The zero-order valence-electron chi connectivity index (χ0n) is 13.1. The second-order valence-corrected chi connectivity index (χ2v) is 6.14. The summed E-state index contributed by atoms with van der Waals surface area (Å²) in [4.78, 5) is 24.9. The molecule has 0 aromatic heterocycles. The number of aliphatic carboxylic acids is 1. The molecule has 6 nitrogen and oxygen atoms in total. The van der Waals surface area contributed by atoms with Gasteiger partial charge in [-0.2, -0.15) is 0 Å². The van der Waals surface area contributed by atoms with Gasteiger partial charge in [0.05, 0.1) is 6.61 Å². The number of phenolic OH excluding ortho intramolecular Hbond substituents is 1. The molecule has 0 radical (unpaired) electrons. The van der Waals surface area contributed by atoms with E-state index in [1.54, 1.807) is 32.9 Å². The average molecular weight is 309 g/mol. The van der Waals surface area contributed by atoms with Gasteiger partial charge in [-0.15, -0.1) is 0 Å². The lowest BCUT2D eigenvalue weighted by molar-refractivity contribution is -0.157. The first-order valence-electron chi connectivity index (χ1n) is 7.10. The number of hydrogen-bond donors (Lipinski definition) is 3. The van der Waals surface area contributed by atoms with Gasteiger partial charge >= 0.3 is 5.97 Å². The summed E-state index contributed by atoms with van der Waals surface area (Å²) in [7, 11) is 0. The van der Waals surface area contributed by atoms with Gasteiger partial charge in [0.15, 0.2) is 6.04 Å². The Morgan fingerprint density at radius 3 is 2.14 bits per heavy atom. The van der Waals surface area contributed by atoms with Gasteiger partial charge in [-0.1, -0.05) is 12.1 Å². The molecule has 22 heavy (non-hydrogen) atoms. The smallest absolute Gasteiger partial charge is 0.328 e. The molecule has 0 spiro atoms. The van der Waals surface area contributed by atoms with Crippen LogP contribution in [0.5, 0.6) is 5.75 Å². The van der Waals surface area contributed by atoms with Gasteiger partial charge in [0.2, 0.25) is 5.91 Å². The van der Waals surface area contributed by atoms with Crippen molar-refractivity contribution in [3.05, 3.63) is 29.8 Å². The maximum Gasteiger partial charge on any atom is 0.328 e. The van der Waals surface area contributed by atoms with Gasteiger partial charge in [-0.25, -0.2) is 4.79 Å². The van der Waals surface area contributed by atoms with Gasteiger partial charge in [-0.3, -0.25) is 4.79 Å². The molecule has 0 fully saturated rings. The van der Waals surface area contributed by atoms with E-state index in [4.69, 9.17) is 0 Å². The number of carboxylic acids is 1. The third-order valence-corrected chi connectivity index (χ3v) is 3.32. The molecule has 3 N–H and O–H groups in total. The molecule has 0 saturated carbocycles. The second-order valence-electron chi connectivity index (χ2n) is 6.14. The lowest BCUT2D eigenvalue weighted by atomic mass is 10.0. The molecule has 0 aliphatic heterocycles. The molecule has 1 rings (SSSR count). The van der Waals surface area contributed by atoms with Crippen LogP contribution in [0.2, 0.25) is 0 Å². The molecule has 0 heterocycles. The third kappa shape index (κ3) is 4.73. The van der Waals surface area contributed by atoms with Crippen molar-refractivity contribution in [2.75, 3.05) is 6.61 Å². The van der Waals surface area contributed by atoms with Crippen molar-refractivity contribution < 1.29 is 24.9 Å². The standard InChI is InChI=1S/C16H23NO5/c1-16(2,3)17(13(10-18)15(21)22)14(20)9-6-11-4-7-12(19)8-5-11/h4-5,7-8,13,18-19H,6,9-10H2,1-3H3,(H,21,22). The van der Waals surface area contributed by atoms with Gasteiger partial charge in [0, 0.05) is 12.0 Å². The van der Waals surface area contributed by atoms with Crippen LogP contribution in [0, 0.1) is 0 Å². The number of amides is 1. The van der Waals surface area contributed by atoms with Crippen molar-refractivity contribution >= 4 is 11.9 Å². The summed E-state index contributed by atoms with van der Waals surface area (Å²) in [5.41, 5.74) is 0.161. The molecule has 1 atom stereocenters. The minimum atomic E-state index is -1.26. The normalized spacial score (nSPS) is 12.7. The topological polar surface area (TPSA) is 98.1 Å². The Balaban J connectivity index is 2.84. The highest BCUT2D eigenvalue weighted by Gasteiger charge is 2.36. The fraction of sp³-hybridized carbons (Fsp3) is 0.500. The summed E-state index contributed by atoms with van der Waals surface area (Å²) >= 11 is 0. The molecule has 1 amide bonds. The summed E-state index contributed by atoms with van der Waals surface area (Å²) in [5.74, 6) is -1.41. The van der Waals surface area contributed by atoms with E-state index in [0.29, 0.717) is 6.42 Å². The molecule has 0 aliphatic carbocycles. The van der Waals surface area contributed by atoms with Crippen molar-refractivity contribution in [1.82, 2.24) is 4.90 Å². The molecule has 0 aliphatic rings. The Labute approximate surface area is 130 Å². The summed E-state index contributed by atoms with van der Waals surface area (Å²) in [6, 6.07) is 5.24. The quantitative estimate of drug-likeness (QED) is 0.738. The molecule has 1 aromatic rings. The van der Waals surface area contributed by atoms with E-state index in [0.717, 1.165) is 5.56 Å². The Bertz CT molecular complexity index is 518. The number of aliphatic hydroxyl groups excluding tert-OH is 1. The predicted molar refractivity (Wildman–Crippen MR) is 81.5 cm³/mol. The first kappa shape index (κ1) is 18.0. The summed E-state index contributed by atoms with van der Waals surface area (Å²) in [6.45, 7) is 4.57. The van der Waals surface area contributed by atoms with Crippen LogP contribution in [0.15, 0.2) is 24.3 Å². The monoisotopic (exact) mass is 309 g/mol. The number of phenols is 1. The van der Waals surface area contributed by atoms with Crippen LogP contribution in [-0.4, -0.2) is 50.3 Å². The number of aromatic hydroxyl groups is 1. The fourth-order valence-corrected chi connectivity index (χ4v) is 2.32. The molecule has 1 aromatic carbocycles. The van der Waals surface area contributed by atoms with Crippen LogP contribution in [0.3, 0.4) is 0 Å². The minimum absolute atomic E-state index is 0.131. The second kappa shape index (κ2) is 7.26. The fourth-order valence-electron chi connectivity index (χ4n) is 2.32. The van der Waals surface area contributed by atoms with Crippen LogP contribution >= 0.6 is 0 Å². The largest absolute Gasteiger partial charge is 0.508 e. The molecule has 1 unspecified atom stereocenters. The number of hydrogen-bond acceptors (Lipinski definition) is 4. The number of aryl methyl sites for hydroxylation is 1. The number of nitrogens with zero attached hydrogens (tertiary/aromatic N) is 1. The number of carbonyl (C=O) groups is 2. The van der Waals surface area contributed by atoms with E-state index in [-0.39, 0.29) is 18.1 Å². The maximum absolute atomic E-state index is 12.4. The molecule has 0 bridgehead atoms. The third-order valence-electron chi connectivity index (χ3n) is 3.32. The molecular weight excluding hydrogens is 286 g/mol. The SMILES string of the molecule is CC(C)(C)N(C(=O)CCc1ccc(O)cc1)C(CO)C(=O)O. The predicted octanol–water partition coefficient (Wildman–Crippen LogP) is 1.40. The van der Waals surface area contributed by atoms with E-state index in [1.807, 2.05) is 0 Å². The van der Waals surface area contributed by atoms with Crippen LogP contribution in [0.25, 0.3) is 0 Å². The van der Waals surface area contributed by atoms with E-state index >= 15 is 0 Å². The first-order valence-corrected chi connectivity index (χ1v) is 7.10. The number of benzene rings is 1. The van der Waals surface area contributed by atoms with Crippen LogP contribution in [-0.2, 0) is 16.0 Å². The van der Waals surface area contributed by atoms with E-state index in [2.05, 4.69) is 0 Å². The minimum Gasteiger partial charge on any atom is -0.508 e. The van der Waals surface area contributed by atoms with E-state index in [9.17, 15) is 24.9 Å². The van der Waals surface area contributed by atoms with Crippen LogP contribution < -0.4 is 0 Å². The number of carbonyl (C=O) groups excluding carboxylic acids is 1.